The van der Waals surface area contributed by atoms with Crippen LogP contribution in [0, 0.1) is 6.92 Å². The monoisotopic (exact) mass is 271 g/mol. The van der Waals surface area contributed by atoms with Crippen molar-refractivity contribution in [2.24, 2.45) is 0 Å². The average Bonchev–Trinajstić information content (AvgIpc) is 3.07. The Morgan fingerprint density at radius 2 is 2.25 bits per heavy atom. The highest BCUT2D eigenvalue weighted by molar-refractivity contribution is 5.32. The SMILES string of the molecule is Cc1ccccc1[C@@]1(O)CCN(CCc2cn[nH]c2)C1. The Balaban J connectivity index is 1.65. The van der Waals surface area contributed by atoms with Crippen molar-refractivity contribution in [3.8, 4) is 0 Å². The van der Waals surface area contributed by atoms with Crippen molar-refractivity contribution in [3.05, 3.63) is 53.3 Å². The van der Waals surface area contributed by atoms with E-state index in [0.29, 0.717) is 0 Å². The average molecular weight is 271 g/mol. The van der Waals surface area contributed by atoms with Crippen molar-refractivity contribution in [3.63, 3.8) is 0 Å². The lowest BCUT2D eigenvalue weighted by Gasteiger charge is -2.25. The van der Waals surface area contributed by atoms with Crippen molar-refractivity contribution in [1.82, 2.24) is 15.1 Å². The standard InChI is InChI=1S/C16H21N3O/c1-13-4-2-3-5-15(13)16(20)7-9-19(12-16)8-6-14-10-17-18-11-14/h2-5,10-11,20H,6-9,12H2,1H3,(H,17,18)/t16-/m1/s1. The van der Waals surface area contributed by atoms with Crippen LogP contribution in [0.15, 0.2) is 36.7 Å². The Kier molecular flexibility index (Phi) is 3.59. The molecule has 0 aliphatic carbocycles. The van der Waals surface area contributed by atoms with Gasteiger partial charge < -0.3 is 5.11 Å². The number of hydrogen-bond acceptors (Lipinski definition) is 3. The van der Waals surface area contributed by atoms with Crippen molar-refractivity contribution in [2.45, 2.75) is 25.4 Å². The second-order valence-corrected chi connectivity index (χ2v) is 5.73. The van der Waals surface area contributed by atoms with Gasteiger partial charge in [0.25, 0.3) is 0 Å². The molecular formula is C16H21N3O. The van der Waals surface area contributed by atoms with E-state index in [4.69, 9.17) is 0 Å². The summed E-state index contributed by atoms with van der Waals surface area (Å²) in [4.78, 5) is 2.33. The molecule has 0 bridgehead atoms. The summed E-state index contributed by atoms with van der Waals surface area (Å²) >= 11 is 0. The number of H-pyrrole nitrogens is 1. The smallest absolute Gasteiger partial charge is 0.104 e. The van der Waals surface area contributed by atoms with E-state index in [1.54, 1.807) is 0 Å². The molecule has 2 aromatic rings. The van der Waals surface area contributed by atoms with E-state index >= 15 is 0 Å². The predicted octanol–water partition coefficient (Wildman–Crippen LogP) is 1.85. The lowest BCUT2D eigenvalue weighted by atomic mass is 9.89. The number of aliphatic hydroxyl groups is 1. The number of β-amino-alcohol motifs (C(OH)–C–C–N with tert-alkyl or cyclic N) is 1. The highest BCUT2D eigenvalue weighted by Crippen LogP contribution is 2.33. The van der Waals surface area contributed by atoms with E-state index in [2.05, 4.69) is 34.2 Å². The van der Waals surface area contributed by atoms with Crippen LogP contribution in [0.5, 0.6) is 0 Å². The van der Waals surface area contributed by atoms with Crippen LogP contribution < -0.4 is 0 Å². The number of rotatable bonds is 4. The quantitative estimate of drug-likeness (QED) is 0.892. The van der Waals surface area contributed by atoms with Crippen LogP contribution in [0.2, 0.25) is 0 Å². The molecule has 2 N–H and O–H groups in total. The maximum atomic E-state index is 10.9. The number of aryl methyl sites for hydroxylation is 1. The van der Waals surface area contributed by atoms with Crippen LogP contribution in [0.3, 0.4) is 0 Å². The van der Waals surface area contributed by atoms with E-state index in [9.17, 15) is 5.11 Å². The number of nitrogens with zero attached hydrogens (tertiary/aromatic N) is 2. The summed E-state index contributed by atoms with van der Waals surface area (Å²) in [5.74, 6) is 0. The second-order valence-electron chi connectivity index (χ2n) is 5.73. The molecule has 0 radical (unpaired) electrons. The minimum Gasteiger partial charge on any atom is -0.384 e. The van der Waals surface area contributed by atoms with E-state index in [1.165, 1.54) is 11.1 Å². The maximum Gasteiger partial charge on any atom is 0.104 e. The topological polar surface area (TPSA) is 52.1 Å². The Hall–Kier alpha value is -1.65. The fourth-order valence-corrected chi connectivity index (χ4v) is 3.08. The number of hydrogen-bond donors (Lipinski definition) is 2. The fraction of sp³-hybridized carbons (Fsp3) is 0.438. The molecule has 0 saturated carbocycles. The van der Waals surface area contributed by atoms with Crippen LogP contribution in [0.4, 0.5) is 0 Å². The van der Waals surface area contributed by atoms with E-state index in [-0.39, 0.29) is 0 Å². The zero-order valence-corrected chi connectivity index (χ0v) is 11.8. The molecule has 1 fully saturated rings. The van der Waals surface area contributed by atoms with Gasteiger partial charge in [-0.3, -0.25) is 10.00 Å². The normalized spacial score (nSPS) is 23.3. The second kappa shape index (κ2) is 5.38. The fourth-order valence-electron chi connectivity index (χ4n) is 3.08. The number of aromatic nitrogens is 2. The Morgan fingerprint density at radius 3 is 3.00 bits per heavy atom. The molecule has 2 heterocycles. The molecule has 0 unspecified atom stereocenters. The van der Waals surface area contributed by atoms with Gasteiger partial charge in [-0.2, -0.15) is 5.10 Å². The summed E-state index contributed by atoms with van der Waals surface area (Å²) < 4.78 is 0. The van der Waals surface area contributed by atoms with Gasteiger partial charge in [-0.1, -0.05) is 24.3 Å². The number of benzene rings is 1. The van der Waals surface area contributed by atoms with Crippen LogP contribution in [0.1, 0.15) is 23.1 Å². The first-order valence-corrected chi connectivity index (χ1v) is 7.16. The summed E-state index contributed by atoms with van der Waals surface area (Å²) in [6.07, 6.45) is 5.58. The van der Waals surface area contributed by atoms with Crippen molar-refractivity contribution in [2.75, 3.05) is 19.6 Å². The minimum atomic E-state index is -0.693. The van der Waals surface area contributed by atoms with Crippen molar-refractivity contribution >= 4 is 0 Å². The molecule has 4 nitrogen and oxygen atoms in total. The summed E-state index contributed by atoms with van der Waals surface area (Å²) in [6.45, 7) is 4.70. The molecule has 1 aromatic heterocycles. The molecular weight excluding hydrogens is 250 g/mol. The third kappa shape index (κ3) is 2.62. The van der Waals surface area contributed by atoms with Crippen LogP contribution in [0.25, 0.3) is 0 Å². The van der Waals surface area contributed by atoms with Gasteiger partial charge in [0, 0.05) is 25.8 Å². The molecule has 0 spiro atoms. The van der Waals surface area contributed by atoms with Gasteiger partial charge in [0.1, 0.15) is 5.60 Å². The number of likely N-dealkylation sites (tertiary alicyclic amines) is 1. The predicted molar refractivity (Wildman–Crippen MR) is 78.4 cm³/mol. The highest BCUT2D eigenvalue weighted by Gasteiger charge is 2.38. The van der Waals surface area contributed by atoms with Gasteiger partial charge >= 0.3 is 0 Å². The minimum absolute atomic E-state index is 0.693. The van der Waals surface area contributed by atoms with Crippen LogP contribution in [-0.4, -0.2) is 39.8 Å². The molecule has 1 saturated heterocycles. The number of nitrogens with one attached hydrogen (secondary N) is 1. The molecule has 20 heavy (non-hydrogen) atoms. The van der Waals surface area contributed by atoms with Crippen molar-refractivity contribution in [1.29, 1.82) is 0 Å². The first-order chi connectivity index (χ1) is 9.67. The van der Waals surface area contributed by atoms with Crippen molar-refractivity contribution < 1.29 is 5.11 Å². The number of aromatic amines is 1. The van der Waals surface area contributed by atoms with E-state index in [1.807, 2.05) is 24.5 Å². The lowest BCUT2D eigenvalue weighted by molar-refractivity contribution is 0.0457. The molecule has 4 heteroatoms. The van der Waals surface area contributed by atoms with Gasteiger partial charge in [-0.25, -0.2) is 0 Å². The molecule has 0 amide bonds. The molecule has 106 valence electrons. The Labute approximate surface area is 119 Å². The van der Waals surface area contributed by atoms with Gasteiger partial charge in [0.05, 0.1) is 6.20 Å². The summed E-state index contributed by atoms with van der Waals surface area (Å²) in [5, 5.41) is 17.7. The Morgan fingerprint density at radius 1 is 1.40 bits per heavy atom. The molecule has 1 aliphatic rings. The molecule has 1 aliphatic heterocycles. The summed E-state index contributed by atoms with van der Waals surface area (Å²) in [6, 6.07) is 8.15. The largest absolute Gasteiger partial charge is 0.384 e. The molecule has 1 aromatic carbocycles. The maximum absolute atomic E-state index is 10.9. The third-order valence-corrected chi connectivity index (χ3v) is 4.24. The van der Waals surface area contributed by atoms with Gasteiger partial charge in [0.2, 0.25) is 0 Å². The van der Waals surface area contributed by atoms with Crippen LogP contribution in [-0.2, 0) is 12.0 Å². The first kappa shape index (κ1) is 13.3. The molecule has 3 rings (SSSR count). The van der Waals surface area contributed by atoms with E-state index < -0.39 is 5.60 Å². The zero-order valence-electron chi connectivity index (χ0n) is 11.8. The van der Waals surface area contributed by atoms with Gasteiger partial charge in [0.15, 0.2) is 0 Å². The van der Waals surface area contributed by atoms with Gasteiger partial charge in [-0.15, -0.1) is 0 Å². The molecule has 1 atom stereocenters. The van der Waals surface area contributed by atoms with Gasteiger partial charge in [-0.05, 0) is 36.5 Å². The third-order valence-electron chi connectivity index (χ3n) is 4.24. The van der Waals surface area contributed by atoms with Crippen LogP contribution >= 0.6 is 0 Å². The highest BCUT2D eigenvalue weighted by atomic mass is 16.3. The summed E-state index contributed by atoms with van der Waals surface area (Å²) in [7, 11) is 0. The van der Waals surface area contributed by atoms with E-state index in [0.717, 1.165) is 38.0 Å². The first-order valence-electron chi connectivity index (χ1n) is 7.16. The summed E-state index contributed by atoms with van der Waals surface area (Å²) in [5.41, 5.74) is 2.77. The lowest BCUT2D eigenvalue weighted by Crippen LogP contribution is -2.32. The Bertz CT molecular complexity index is 567. The zero-order chi connectivity index (χ0) is 14.0.